The minimum Gasteiger partial charge on any atom is -0.490 e. The molecule has 1 rings (SSSR count). The van der Waals surface area contributed by atoms with E-state index in [-0.39, 0.29) is 6.61 Å². The summed E-state index contributed by atoms with van der Waals surface area (Å²) in [4.78, 5) is 10.6. The maximum atomic E-state index is 10.6. The highest BCUT2D eigenvalue weighted by atomic mass is 16.5. The molecule has 0 atom stereocenters. The lowest BCUT2D eigenvalue weighted by Crippen LogP contribution is -2.01. The summed E-state index contributed by atoms with van der Waals surface area (Å²) in [5.41, 5.74) is 1.51. The largest absolute Gasteiger partial charge is 0.490 e. The zero-order valence-corrected chi connectivity index (χ0v) is 10.4. The average Bonchev–Trinajstić information content (AvgIpc) is 2.29. The molecule has 0 amide bonds. The quantitative estimate of drug-likeness (QED) is 0.796. The maximum Gasteiger partial charge on any atom is 0.331 e. The molecule has 0 heterocycles. The second-order valence-corrected chi connectivity index (χ2v) is 4.23. The molecule has 0 unspecified atom stereocenters. The lowest BCUT2D eigenvalue weighted by molar-refractivity contribution is -0.132. The standard InChI is InChI=1S/C14H18O3/c1-10(2)12-5-4-6-13(9-12)17-8-7-11(3)14(15)16/h4-7,9-10H,8H2,1-3H3,(H,15,16). The van der Waals surface area contributed by atoms with E-state index in [0.29, 0.717) is 11.5 Å². The SMILES string of the molecule is CC(=CCOc1cccc(C(C)C)c1)C(=O)O. The third-order valence-electron chi connectivity index (χ3n) is 2.50. The van der Waals surface area contributed by atoms with Crippen LogP contribution in [0.2, 0.25) is 0 Å². The summed E-state index contributed by atoms with van der Waals surface area (Å²) in [6.07, 6.45) is 1.56. The van der Waals surface area contributed by atoms with Gasteiger partial charge in [-0.2, -0.15) is 0 Å². The van der Waals surface area contributed by atoms with Crippen LogP contribution in [-0.2, 0) is 4.79 Å². The molecule has 0 radical (unpaired) electrons. The Bertz CT molecular complexity index is 419. The predicted octanol–water partition coefficient (Wildman–Crippen LogP) is 3.22. The molecule has 3 nitrogen and oxygen atoms in total. The molecule has 3 heteroatoms. The Morgan fingerprint density at radius 1 is 1.47 bits per heavy atom. The monoisotopic (exact) mass is 234 g/mol. The van der Waals surface area contributed by atoms with Gasteiger partial charge in [-0.3, -0.25) is 0 Å². The molecule has 0 bridgehead atoms. The van der Waals surface area contributed by atoms with Crippen molar-refractivity contribution in [1.29, 1.82) is 0 Å². The van der Waals surface area contributed by atoms with Gasteiger partial charge in [0.1, 0.15) is 12.4 Å². The van der Waals surface area contributed by atoms with Crippen molar-refractivity contribution in [3.63, 3.8) is 0 Å². The van der Waals surface area contributed by atoms with Crippen LogP contribution in [0, 0.1) is 0 Å². The third-order valence-corrected chi connectivity index (χ3v) is 2.50. The van der Waals surface area contributed by atoms with Gasteiger partial charge in [-0.1, -0.05) is 26.0 Å². The fourth-order valence-electron chi connectivity index (χ4n) is 1.31. The van der Waals surface area contributed by atoms with Crippen molar-refractivity contribution < 1.29 is 14.6 Å². The van der Waals surface area contributed by atoms with Crippen molar-refractivity contribution in [2.24, 2.45) is 0 Å². The topological polar surface area (TPSA) is 46.5 Å². The first-order valence-electron chi connectivity index (χ1n) is 5.63. The van der Waals surface area contributed by atoms with Crippen LogP contribution >= 0.6 is 0 Å². The summed E-state index contributed by atoms with van der Waals surface area (Å²) < 4.78 is 5.48. The van der Waals surface area contributed by atoms with Crippen molar-refractivity contribution in [3.8, 4) is 5.75 Å². The minimum absolute atomic E-state index is 0.277. The molecule has 0 aliphatic heterocycles. The number of ether oxygens (including phenoxy) is 1. The van der Waals surface area contributed by atoms with E-state index in [1.165, 1.54) is 5.56 Å². The van der Waals surface area contributed by atoms with E-state index in [4.69, 9.17) is 9.84 Å². The molecule has 0 spiro atoms. The van der Waals surface area contributed by atoms with E-state index in [1.807, 2.05) is 18.2 Å². The zero-order chi connectivity index (χ0) is 12.8. The number of hydrogen-bond donors (Lipinski definition) is 1. The highest BCUT2D eigenvalue weighted by Crippen LogP contribution is 2.20. The molecule has 0 aliphatic rings. The van der Waals surface area contributed by atoms with Crippen LogP contribution in [0.15, 0.2) is 35.9 Å². The van der Waals surface area contributed by atoms with E-state index in [1.54, 1.807) is 13.0 Å². The Balaban J connectivity index is 2.61. The molecular formula is C14H18O3. The molecular weight excluding hydrogens is 216 g/mol. The van der Waals surface area contributed by atoms with Crippen molar-refractivity contribution in [2.45, 2.75) is 26.7 Å². The second kappa shape index (κ2) is 6.09. The van der Waals surface area contributed by atoms with Crippen molar-refractivity contribution >= 4 is 5.97 Å². The van der Waals surface area contributed by atoms with Gasteiger partial charge >= 0.3 is 5.97 Å². The fourth-order valence-corrected chi connectivity index (χ4v) is 1.31. The van der Waals surface area contributed by atoms with Gasteiger partial charge in [-0.15, -0.1) is 0 Å². The fraction of sp³-hybridized carbons (Fsp3) is 0.357. The van der Waals surface area contributed by atoms with E-state index in [2.05, 4.69) is 19.9 Å². The molecule has 1 aromatic rings. The second-order valence-electron chi connectivity index (χ2n) is 4.23. The van der Waals surface area contributed by atoms with Crippen LogP contribution in [0.25, 0.3) is 0 Å². The van der Waals surface area contributed by atoms with Crippen LogP contribution in [0.5, 0.6) is 5.75 Å². The van der Waals surface area contributed by atoms with Gasteiger partial charge in [0.25, 0.3) is 0 Å². The summed E-state index contributed by atoms with van der Waals surface area (Å²) in [5, 5.41) is 8.67. The highest BCUT2D eigenvalue weighted by molar-refractivity contribution is 5.85. The molecule has 1 N–H and O–H groups in total. The van der Waals surface area contributed by atoms with E-state index >= 15 is 0 Å². The summed E-state index contributed by atoms with van der Waals surface area (Å²) in [7, 11) is 0. The van der Waals surface area contributed by atoms with Crippen LogP contribution in [0.3, 0.4) is 0 Å². The van der Waals surface area contributed by atoms with Gasteiger partial charge in [0, 0.05) is 5.57 Å². The van der Waals surface area contributed by atoms with Crippen LogP contribution < -0.4 is 4.74 Å². The van der Waals surface area contributed by atoms with E-state index in [0.717, 1.165) is 5.75 Å². The third kappa shape index (κ3) is 4.31. The molecule has 1 aromatic carbocycles. The summed E-state index contributed by atoms with van der Waals surface area (Å²) >= 11 is 0. The van der Waals surface area contributed by atoms with Gasteiger partial charge < -0.3 is 9.84 Å². The molecule has 0 saturated heterocycles. The van der Waals surface area contributed by atoms with Gasteiger partial charge in [-0.05, 0) is 36.6 Å². The molecule has 17 heavy (non-hydrogen) atoms. The van der Waals surface area contributed by atoms with Crippen LogP contribution in [0.1, 0.15) is 32.3 Å². The normalized spacial score (nSPS) is 11.6. The van der Waals surface area contributed by atoms with E-state index < -0.39 is 5.97 Å². The van der Waals surface area contributed by atoms with Gasteiger partial charge in [-0.25, -0.2) is 4.79 Å². The smallest absolute Gasteiger partial charge is 0.331 e. The first kappa shape index (κ1) is 13.3. The number of aliphatic carboxylic acids is 1. The summed E-state index contributed by atoms with van der Waals surface area (Å²) in [6.45, 7) is 6.07. The van der Waals surface area contributed by atoms with Crippen LogP contribution in [-0.4, -0.2) is 17.7 Å². The highest BCUT2D eigenvalue weighted by Gasteiger charge is 2.01. The zero-order valence-electron chi connectivity index (χ0n) is 10.4. The summed E-state index contributed by atoms with van der Waals surface area (Å²) in [5.74, 6) is 0.310. The number of hydrogen-bond acceptors (Lipinski definition) is 2. The van der Waals surface area contributed by atoms with Gasteiger partial charge in [0.15, 0.2) is 0 Å². The van der Waals surface area contributed by atoms with Crippen molar-refractivity contribution in [2.75, 3.05) is 6.61 Å². The molecule has 0 fully saturated rings. The first-order valence-corrected chi connectivity index (χ1v) is 5.63. The molecule has 92 valence electrons. The lowest BCUT2D eigenvalue weighted by Gasteiger charge is -2.08. The predicted molar refractivity (Wildman–Crippen MR) is 67.4 cm³/mol. The number of carboxylic acid groups (broad SMARTS) is 1. The Hall–Kier alpha value is -1.77. The molecule has 0 saturated carbocycles. The minimum atomic E-state index is -0.912. The Kier molecular flexibility index (Phi) is 4.76. The van der Waals surface area contributed by atoms with Crippen LogP contribution in [0.4, 0.5) is 0 Å². The Morgan fingerprint density at radius 3 is 2.76 bits per heavy atom. The molecule has 0 aliphatic carbocycles. The van der Waals surface area contributed by atoms with E-state index in [9.17, 15) is 4.79 Å². The van der Waals surface area contributed by atoms with Crippen molar-refractivity contribution in [1.82, 2.24) is 0 Å². The number of carbonyl (C=O) groups is 1. The average molecular weight is 234 g/mol. The van der Waals surface area contributed by atoms with Gasteiger partial charge in [0.05, 0.1) is 0 Å². The number of rotatable bonds is 5. The molecule has 0 aromatic heterocycles. The van der Waals surface area contributed by atoms with Gasteiger partial charge in [0.2, 0.25) is 0 Å². The number of benzene rings is 1. The van der Waals surface area contributed by atoms with Crippen molar-refractivity contribution in [3.05, 3.63) is 41.5 Å². The Labute approximate surface area is 102 Å². The summed E-state index contributed by atoms with van der Waals surface area (Å²) in [6, 6.07) is 7.85. The Morgan fingerprint density at radius 2 is 2.18 bits per heavy atom. The lowest BCUT2D eigenvalue weighted by atomic mass is 10.0. The first-order chi connectivity index (χ1) is 8.00. The maximum absolute atomic E-state index is 10.6. The number of carboxylic acids is 1.